The van der Waals surface area contributed by atoms with E-state index in [-0.39, 0.29) is 6.10 Å². The van der Waals surface area contributed by atoms with Gasteiger partial charge < -0.3 is 14.9 Å². The minimum Gasteiger partial charge on any atom is -0.393 e. The molecule has 1 amide bonds. The number of aromatic nitrogens is 1. The van der Waals surface area contributed by atoms with Gasteiger partial charge in [-0.15, -0.1) is 0 Å². The summed E-state index contributed by atoms with van der Waals surface area (Å²) in [4.78, 5) is 22.0. The number of aliphatic hydroxyl groups is 1. The Morgan fingerprint density at radius 2 is 1.76 bits per heavy atom. The van der Waals surface area contributed by atoms with Crippen molar-refractivity contribution in [2.24, 2.45) is 46.3 Å². The molecule has 5 fully saturated rings. The average Bonchev–Trinajstić information content (AvgIpc) is 3.30. The fourth-order valence-corrected chi connectivity index (χ4v) is 10.6. The number of carbonyl (C=O) groups is 1. The summed E-state index contributed by atoms with van der Waals surface area (Å²) >= 11 is 0. The van der Waals surface area contributed by atoms with Gasteiger partial charge in [0.1, 0.15) is 5.82 Å². The molecule has 1 N–H and O–H groups in total. The minimum absolute atomic E-state index is 0.0531. The van der Waals surface area contributed by atoms with Crippen LogP contribution in [0, 0.1) is 46.3 Å². The number of piperazine rings is 1. The fraction of sp³-hybridized carbons (Fsp3) is 0.818. The van der Waals surface area contributed by atoms with Crippen LogP contribution in [0.25, 0.3) is 0 Å². The number of fused-ring (bicyclic) bond motifs is 5. The maximum absolute atomic E-state index is 13.2. The third-order valence-corrected chi connectivity index (χ3v) is 12.8. The Morgan fingerprint density at radius 3 is 2.53 bits per heavy atom. The van der Waals surface area contributed by atoms with E-state index in [1.807, 2.05) is 18.3 Å². The van der Waals surface area contributed by atoms with Crippen LogP contribution in [-0.4, -0.2) is 53.2 Å². The Bertz CT molecular complexity index is 978. The van der Waals surface area contributed by atoms with Crippen LogP contribution in [0.1, 0.15) is 91.4 Å². The van der Waals surface area contributed by atoms with Crippen molar-refractivity contribution in [1.82, 2.24) is 9.88 Å². The molecule has 1 aromatic rings. The molecule has 0 unspecified atom stereocenters. The van der Waals surface area contributed by atoms with E-state index in [0.29, 0.717) is 29.1 Å². The van der Waals surface area contributed by atoms with Crippen molar-refractivity contribution in [3.8, 4) is 0 Å². The molecule has 5 heteroatoms. The Morgan fingerprint density at radius 1 is 1.00 bits per heavy atom. The Balaban J connectivity index is 1.03. The SMILES string of the molecule is C[C@H](CCC(=O)N1CCN(c2ccccn2)CC1)[C@H]1CC[C@H]2[C@@H]3CC[C@@H]4C[C@H](O)CC[C@]4(C)[C@H]3CC[C@]12C. The molecular formula is C33H51N3O2. The van der Waals surface area contributed by atoms with E-state index in [4.69, 9.17) is 0 Å². The predicted octanol–water partition coefficient (Wildman–Crippen LogP) is 6.17. The summed E-state index contributed by atoms with van der Waals surface area (Å²) in [5.74, 6) is 6.13. The van der Waals surface area contributed by atoms with E-state index >= 15 is 0 Å². The smallest absolute Gasteiger partial charge is 0.222 e. The van der Waals surface area contributed by atoms with Gasteiger partial charge in [0.15, 0.2) is 0 Å². The zero-order valence-corrected chi connectivity index (χ0v) is 24.2. The molecule has 210 valence electrons. The predicted molar refractivity (Wildman–Crippen MR) is 153 cm³/mol. The summed E-state index contributed by atoms with van der Waals surface area (Å²) in [7, 11) is 0. The maximum Gasteiger partial charge on any atom is 0.222 e. The van der Waals surface area contributed by atoms with E-state index < -0.39 is 0 Å². The summed E-state index contributed by atoms with van der Waals surface area (Å²) < 4.78 is 0. The number of hydrogen-bond acceptors (Lipinski definition) is 4. The number of anilines is 1. The molecule has 9 atom stereocenters. The van der Waals surface area contributed by atoms with Crippen molar-refractivity contribution >= 4 is 11.7 Å². The lowest BCUT2D eigenvalue weighted by molar-refractivity contribution is -0.133. The summed E-state index contributed by atoms with van der Waals surface area (Å²) in [5, 5.41) is 10.3. The molecule has 0 bridgehead atoms. The zero-order chi connectivity index (χ0) is 26.5. The van der Waals surface area contributed by atoms with Crippen molar-refractivity contribution in [1.29, 1.82) is 0 Å². The highest BCUT2D eigenvalue weighted by Gasteiger charge is 2.60. The van der Waals surface area contributed by atoms with Crippen LogP contribution in [0.15, 0.2) is 24.4 Å². The van der Waals surface area contributed by atoms with Gasteiger partial charge in [0.05, 0.1) is 6.10 Å². The van der Waals surface area contributed by atoms with Gasteiger partial charge in [0, 0.05) is 38.8 Å². The van der Waals surface area contributed by atoms with Gasteiger partial charge >= 0.3 is 0 Å². The van der Waals surface area contributed by atoms with E-state index in [1.165, 1.54) is 44.9 Å². The third kappa shape index (κ3) is 4.59. The van der Waals surface area contributed by atoms with Crippen molar-refractivity contribution in [3.63, 3.8) is 0 Å². The first-order valence-electron chi connectivity index (χ1n) is 15.9. The van der Waals surface area contributed by atoms with Crippen molar-refractivity contribution in [3.05, 3.63) is 24.4 Å². The second-order valence-electron chi connectivity index (χ2n) is 14.4. The molecule has 1 saturated heterocycles. The monoisotopic (exact) mass is 521 g/mol. The molecule has 38 heavy (non-hydrogen) atoms. The molecule has 1 aliphatic heterocycles. The van der Waals surface area contributed by atoms with E-state index in [9.17, 15) is 9.90 Å². The minimum atomic E-state index is -0.0531. The van der Waals surface area contributed by atoms with Crippen molar-refractivity contribution in [2.75, 3.05) is 31.1 Å². The number of pyridine rings is 1. The molecule has 5 aliphatic rings. The molecule has 1 aromatic heterocycles. The molecule has 6 rings (SSSR count). The molecule has 2 heterocycles. The van der Waals surface area contributed by atoms with Gasteiger partial charge in [-0.1, -0.05) is 26.8 Å². The molecular weight excluding hydrogens is 470 g/mol. The van der Waals surface area contributed by atoms with Gasteiger partial charge in [0.25, 0.3) is 0 Å². The van der Waals surface area contributed by atoms with Crippen LogP contribution in [0.5, 0.6) is 0 Å². The summed E-state index contributed by atoms with van der Waals surface area (Å²) in [5.41, 5.74) is 0.912. The van der Waals surface area contributed by atoms with E-state index in [0.717, 1.165) is 80.8 Å². The number of carbonyl (C=O) groups excluding carboxylic acids is 1. The highest BCUT2D eigenvalue weighted by molar-refractivity contribution is 5.76. The topological polar surface area (TPSA) is 56.7 Å². The highest BCUT2D eigenvalue weighted by Crippen LogP contribution is 2.68. The highest BCUT2D eigenvalue weighted by atomic mass is 16.3. The Labute approximate surface area is 230 Å². The van der Waals surface area contributed by atoms with E-state index in [1.54, 1.807) is 0 Å². The van der Waals surface area contributed by atoms with Crippen LogP contribution in [0.3, 0.4) is 0 Å². The second kappa shape index (κ2) is 10.4. The number of hydrogen-bond donors (Lipinski definition) is 1. The van der Waals surface area contributed by atoms with Gasteiger partial charge in [-0.2, -0.15) is 0 Å². The fourth-order valence-electron chi connectivity index (χ4n) is 10.6. The van der Waals surface area contributed by atoms with Crippen molar-refractivity contribution < 1.29 is 9.90 Å². The van der Waals surface area contributed by atoms with Crippen LogP contribution in [0.4, 0.5) is 5.82 Å². The number of aliphatic hydroxyl groups excluding tert-OH is 1. The summed E-state index contributed by atoms with van der Waals surface area (Å²) in [6.45, 7) is 11.1. The summed E-state index contributed by atoms with van der Waals surface area (Å²) in [6, 6.07) is 6.05. The Hall–Kier alpha value is -1.62. The average molecular weight is 522 g/mol. The molecule has 4 saturated carbocycles. The van der Waals surface area contributed by atoms with Gasteiger partial charge in [-0.3, -0.25) is 4.79 Å². The number of amides is 1. The van der Waals surface area contributed by atoms with Crippen LogP contribution in [-0.2, 0) is 4.79 Å². The van der Waals surface area contributed by atoms with Gasteiger partial charge in [-0.05, 0) is 123 Å². The van der Waals surface area contributed by atoms with E-state index in [2.05, 4.69) is 41.6 Å². The van der Waals surface area contributed by atoms with Crippen LogP contribution >= 0.6 is 0 Å². The first kappa shape index (κ1) is 26.6. The molecule has 0 aromatic carbocycles. The lowest BCUT2D eigenvalue weighted by Gasteiger charge is -2.61. The first-order valence-corrected chi connectivity index (χ1v) is 15.9. The van der Waals surface area contributed by atoms with Crippen LogP contribution in [0.2, 0.25) is 0 Å². The standard InChI is InChI=1S/C33H51N3O2/c1-23(7-12-31(38)36-20-18-35(19-21-36)30-6-4-5-17-34-30)27-10-11-28-26-9-8-24-22-25(37)13-15-32(24,2)29(26)14-16-33(27,28)3/h4-6,17,23-29,37H,7-16,18-22H2,1-3H3/t23-,24-,25-,26+,27-,28+,29+,32+,33-/m1/s1. The van der Waals surface area contributed by atoms with Crippen LogP contribution < -0.4 is 4.90 Å². The Kier molecular flexibility index (Phi) is 7.29. The summed E-state index contributed by atoms with van der Waals surface area (Å²) in [6.07, 6.45) is 15.1. The molecule has 0 spiro atoms. The maximum atomic E-state index is 13.2. The van der Waals surface area contributed by atoms with Gasteiger partial charge in [0.2, 0.25) is 5.91 Å². The van der Waals surface area contributed by atoms with Gasteiger partial charge in [-0.25, -0.2) is 4.98 Å². The lowest BCUT2D eigenvalue weighted by Crippen LogP contribution is -2.54. The third-order valence-electron chi connectivity index (χ3n) is 12.8. The molecule has 5 nitrogen and oxygen atoms in total. The first-order chi connectivity index (χ1) is 18.3. The lowest BCUT2D eigenvalue weighted by atomic mass is 9.44. The van der Waals surface area contributed by atoms with Crippen molar-refractivity contribution in [2.45, 2.75) is 97.5 Å². The largest absolute Gasteiger partial charge is 0.393 e. The number of nitrogens with zero attached hydrogens (tertiary/aromatic N) is 3. The normalized spacial score (nSPS) is 41.7. The quantitative estimate of drug-likeness (QED) is 0.504. The number of rotatable bonds is 5. The molecule has 0 radical (unpaired) electrons. The molecule has 4 aliphatic carbocycles. The zero-order valence-electron chi connectivity index (χ0n) is 24.2. The second-order valence-corrected chi connectivity index (χ2v) is 14.4.